The topological polar surface area (TPSA) is 21.3 Å². The van der Waals surface area contributed by atoms with Crippen LogP contribution in [0, 0.1) is 5.92 Å². The molecule has 0 aromatic heterocycles. The van der Waals surface area contributed by atoms with Crippen molar-refractivity contribution in [1.82, 2.24) is 0 Å². The lowest BCUT2D eigenvalue weighted by Gasteiger charge is -2.31. The first-order valence-corrected chi connectivity index (χ1v) is 6.78. The van der Waals surface area contributed by atoms with Crippen molar-refractivity contribution in [3.05, 3.63) is 24.3 Å². The lowest BCUT2D eigenvalue weighted by molar-refractivity contribution is 0.0904. The monoisotopic (exact) mass is 233 g/mol. The Balaban J connectivity index is 1.98. The summed E-state index contributed by atoms with van der Waals surface area (Å²) in [5.74, 6) is 1.75. The molecule has 0 bridgehead atoms. The second-order valence-electron chi connectivity index (χ2n) is 4.88. The SMILES string of the molecule is CCC1CCCCC1Oc1ccc(NC)cc1. The number of anilines is 1. The largest absolute Gasteiger partial charge is 0.490 e. The van der Waals surface area contributed by atoms with E-state index in [4.69, 9.17) is 4.74 Å². The fraction of sp³-hybridized carbons (Fsp3) is 0.600. The lowest BCUT2D eigenvalue weighted by Crippen LogP contribution is -2.29. The van der Waals surface area contributed by atoms with Gasteiger partial charge in [0.25, 0.3) is 0 Å². The molecule has 1 aliphatic carbocycles. The van der Waals surface area contributed by atoms with E-state index in [1.807, 2.05) is 7.05 Å². The van der Waals surface area contributed by atoms with Gasteiger partial charge in [-0.3, -0.25) is 0 Å². The Morgan fingerprint density at radius 1 is 1.18 bits per heavy atom. The van der Waals surface area contributed by atoms with Crippen LogP contribution in [0.3, 0.4) is 0 Å². The van der Waals surface area contributed by atoms with E-state index in [1.165, 1.54) is 32.1 Å². The van der Waals surface area contributed by atoms with Gasteiger partial charge in [-0.05, 0) is 55.9 Å². The second kappa shape index (κ2) is 5.95. The van der Waals surface area contributed by atoms with Gasteiger partial charge in [0.2, 0.25) is 0 Å². The summed E-state index contributed by atoms with van der Waals surface area (Å²) >= 11 is 0. The van der Waals surface area contributed by atoms with Crippen LogP contribution >= 0.6 is 0 Å². The van der Waals surface area contributed by atoms with Gasteiger partial charge < -0.3 is 10.1 Å². The quantitative estimate of drug-likeness (QED) is 0.846. The van der Waals surface area contributed by atoms with Gasteiger partial charge in [0, 0.05) is 12.7 Å². The molecular weight excluding hydrogens is 210 g/mol. The van der Waals surface area contributed by atoms with E-state index in [0.29, 0.717) is 6.10 Å². The molecule has 0 radical (unpaired) electrons. The first-order valence-electron chi connectivity index (χ1n) is 6.78. The molecular formula is C15H23NO. The predicted molar refractivity (Wildman–Crippen MR) is 72.7 cm³/mol. The number of benzene rings is 1. The summed E-state index contributed by atoms with van der Waals surface area (Å²) in [6.07, 6.45) is 6.89. The third-order valence-corrected chi connectivity index (χ3v) is 3.79. The van der Waals surface area contributed by atoms with Gasteiger partial charge >= 0.3 is 0 Å². The first kappa shape index (κ1) is 12.3. The van der Waals surface area contributed by atoms with Crippen molar-refractivity contribution in [3.8, 4) is 5.75 Å². The van der Waals surface area contributed by atoms with Crippen molar-refractivity contribution in [2.75, 3.05) is 12.4 Å². The van der Waals surface area contributed by atoms with Crippen LogP contribution in [0.4, 0.5) is 5.69 Å². The summed E-state index contributed by atoms with van der Waals surface area (Å²) in [6, 6.07) is 8.26. The second-order valence-corrected chi connectivity index (χ2v) is 4.88. The minimum atomic E-state index is 0.425. The van der Waals surface area contributed by atoms with Crippen LogP contribution in [-0.4, -0.2) is 13.2 Å². The summed E-state index contributed by atoms with van der Waals surface area (Å²) in [6.45, 7) is 2.27. The van der Waals surface area contributed by atoms with E-state index < -0.39 is 0 Å². The van der Waals surface area contributed by atoms with E-state index in [1.54, 1.807) is 0 Å². The van der Waals surface area contributed by atoms with Crippen LogP contribution in [0.1, 0.15) is 39.0 Å². The average Bonchev–Trinajstić information content (AvgIpc) is 2.40. The van der Waals surface area contributed by atoms with Gasteiger partial charge in [-0.1, -0.05) is 13.3 Å². The molecule has 2 heteroatoms. The third-order valence-electron chi connectivity index (χ3n) is 3.79. The zero-order valence-electron chi connectivity index (χ0n) is 10.9. The molecule has 0 aliphatic heterocycles. The maximum Gasteiger partial charge on any atom is 0.119 e. The maximum atomic E-state index is 6.13. The fourth-order valence-corrected chi connectivity index (χ4v) is 2.67. The van der Waals surface area contributed by atoms with Crippen LogP contribution in [0.25, 0.3) is 0 Å². The van der Waals surface area contributed by atoms with Crippen molar-refractivity contribution in [2.24, 2.45) is 5.92 Å². The van der Waals surface area contributed by atoms with Gasteiger partial charge in [0.15, 0.2) is 0 Å². The zero-order chi connectivity index (χ0) is 12.1. The predicted octanol–water partition coefficient (Wildman–Crippen LogP) is 4.08. The highest BCUT2D eigenvalue weighted by molar-refractivity contribution is 5.45. The molecule has 0 saturated heterocycles. The molecule has 1 N–H and O–H groups in total. The van der Waals surface area contributed by atoms with Crippen LogP contribution in [0.2, 0.25) is 0 Å². The summed E-state index contributed by atoms with van der Waals surface area (Å²) in [4.78, 5) is 0. The number of hydrogen-bond acceptors (Lipinski definition) is 2. The lowest BCUT2D eigenvalue weighted by atomic mass is 9.85. The van der Waals surface area contributed by atoms with E-state index in [2.05, 4.69) is 36.5 Å². The van der Waals surface area contributed by atoms with E-state index >= 15 is 0 Å². The molecule has 94 valence electrons. The molecule has 2 unspecified atom stereocenters. The smallest absolute Gasteiger partial charge is 0.119 e. The van der Waals surface area contributed by atoms with E-state index in [0.717, 1.165) is 17.4 Å². The summed E-state index contributed by atoms with van der Waals surface area (Å²) < 4.78 is 6.13. The Labute approximate surface area is 104 Å². The highest BCUT2D eigenvalue weighted by Gasteiger charge is 2.25. The number of hydrogen-bond donors (Lipinski definition) is 1. The van der Waals surface area contributed by atoms with Crippen LogP contribution in [-0.2, 0) is 0 Å². The van der Waals surface area contributed by atoms with Crippen LogP contribution in [0.5, 0.6) is 5.75 Å². The Morgan fingerprint density at radius 3 is 2.53 bits per heavy atom. The Morgan fingerprint density at radius 2 is 1.88 bits per heavy atom. The van der Waals surface area contributed by atoms with Crippen LogP contribution in [0.15, 0.2) is 24.3 Å². The zero-order valence-corrected chi connectivity index (χ0v) is 10.9. The van der Waals surface area contributed by atoms with Crippen molar-refractivity contribution in [1.29, 1.82) is 0 Å². The van der Waals surface area contributed by atoms with E-state index in [-0.39, 0.29) is 0 Å². The highest BCUT2D eigenvalue weighted by atomic mass is 16.5. The number of ether oxygens (including phenoxy) is 1. The molecule has 1 aromatic carbocycles. The Kier molecular flexibility index (Phi) is 4.29. The standard InChI is InChI=1S/C15H23NO/c1-3-12-6-4-5-7-15(12)17-14-10-8-13(16-2)9-11-14/h8-12,15-16H,3-7H2,1-2H3. The van der Waals surface area contributed by atoms with E-state index in [9.17, 15) is 0 Å². The normalized spacial score (nSPS) is 24.4. The van der Waals surface area contributed by atoms with Crippen molar-refractivity contribution in [2.45, 2.75) is 45.1 Å². The maximum absolute atomic E-state index is 6.13. The molecule has 0 amide bonds. The van der Waals surface area contributed by atoms with Crippen molar-refractivity contribution < 1.29 is 4.74 Å². The molecule has 0 spiro atoms. The summed E-state index contributed by atoms with van der Waals surface area (Å²) in [5, 5.41) is 3.12. The van der Waals surface area contributed by atoms with Crippen molar-refractivity contribution >= 4 is 5.69 Å². The summed E-state index contributed by atoms with van der Waals surface area (Å²) in [7, 11) is 1.93. The molecule has 1 saturated carbocycles. The highest BCUT2D eigenvalue weighted by Crippen LogP contribution is 2.30. The van der Waals surface area contributed by atoms with Gasteiger partial charge in [-0.2, -0.15) is 0 Å². The first-order chi connectivity index (χ1) is 8.33. The molecule has 1 aliphatic rings. The van der Waals surface area contributed by atoms with Crippen molar-refractivity contribution in [3.63, 3.8) is 0 Å². The van der Waals surface area contributed by atoms with Gasteiger partial charge in [0.05, 0.1) is 0 Å². The molecule has 1 fully saturated rings. The minimum absolute atomic E-state index is 0.425. The number of rotatable bonds is 4. The molecule has 2 atom stereocenters. The molecule has 2 rings (SSSR count). The average molecular weight is 233 g/mol. The molecule has 1 aromatic rings. The minimum Gasteiger partial charge on any atom is -0.490 e. The Bertz CT molecular complexity index is 333. The van der Waals surface area contributed by atoms with Gasteiger partial charge in [-0.25, -0.2) is 0 Å². The summed E-state index contributed by atoms with van der Waals surface area (Å²) in [5.41, 5.74) is 1.13. The third kappa shape index (κ3) is 3.15. The van der Waals surface area contributed by atoms with Crippen LogP contribution < -0.4 is 10.1 Å². The fourth-order valence-electron chi connectivity index (χ4n) is 2.67. The van der Waals surface area contributed by atoms with Gasteiger partial charge in [0.1, 0.15) is 11.9 Å². The van der Waals surface area contributed by atoms with Gasteiger partial charge in [-0.15, -0.1) is 0 Å². The Hall–Kier alpha value is -1.18. The number of nitrogens with one attached hydrogen (secondary N) is 1. The molecule has 0 heterocycles. The molecule has 2 nitrogen and oxygen atoms in total. The molecule has 17 heavy (non-hydrogen) atoms.